The zero-order valence-corrected chi connectivity index (χ0v) is 13.3. The summed E-state index contributed by atoms with van der Waals surface area (Å²) in [4.78, 5) is 6.87. The molecular weight excluding hydrogens is 282 g/mol. The Morgan fingerprint density at radius 3 is 2.71 bits per heavy atom. The number of benzene rings is 1. The highest BCUT2D eigenvalue weighted by molar-refractivity contribution is 7.13. The van der Waals surface area contributed by atoms with E-state index in [-0.39, 0.29) is 6.10 Å². The summed E-state index contributed by atoms with van der Waals surface area (Å²) in [5.74, 6) is 0.919. The first-order chi connectivity index (χ1) is 10.1. The maximum Gasteiger partial charge on any atom is 0.180 e. The lowest BCUT2D eigenvalue weighted by molar-refractivity contribution is 0.242. The minimum atomic E-state index is 0.202. The van der Waals surface area contributed by atoms with Crippen LogP contribution < -0.4 is 15.4 Å². The van der Waals surface area contributed by atoms with Crippen molar-refractivity contribution in [1.29, 1.82) is 0 Å². The van der Waals surface area contributed by atoms with E-state index < -0.39 is 0 Å². The lowest BCUT2D eigenvalue weighted by Crippen LogP contribution is -2.22. The van der Waals surface area contributed by atoms with Crippen LogP contribution >= 0.6 is 11.3 Å². The molecule has 0 aliphatic carbocycles. The summed E-state index contributed by atoms with van der Waals surface area (Å²) in [6.07, 6.45) is 2.52. The summed E-state index contributed by atoms with van der Waals surface area (Å²) < 4.78 is 5.70. The summed E-state index contributed by atoms with van der Waals surface area (Å²) in [6.45, 7) is 5.14. The van der Waals surface area contributed by atoms with E-state index >= 15 is 0 Å². The van der Waals surface area contributed by atoms with Crippen LogP contribution in [0, 0.1) is 0 Å². The molecule has 112 valence electrons. The van der Waals surface area contributed by atoms with Gasteiger partial charge in [-0.2, -0.15) is 0 Å². The number of aromatic nitrogens is 1. The number of anilines is 2. The first-order valence-electron chi connectivity index (χ1n) is 7.38. The Balaban J connectivity index is 1.78. The molecule has 1 aromatic heterocycles. The van der Waals surface area contributed by atoms with Crippen molar-refractivity contribution in [2.24, 2.45) is 0 Å². The summed E-state index contributed by atoms with van der Waals surface area (Å²) in [7, 11) is 0. The SMILES string of the molecule is CC(C)Oc1ccc(N2CCCC2c2csc(N)n2)cc1. The van der Waals surface area contributed by atoms with Gasteiger partial charge in [-0.15, -0.1) is 11.3 Å². The standard InChI is InChI=1S/C16H21N3OS/c1-11(2)20-13-7-5-12(6-8-13)19-9-3-4-15(19)14-10-21-16(17)18-14/h5-8,10-11,15H,3-4,9H2,1-2H3,(H2,17,18). The lowest BCUT2D eigenvalue weighted by atomic mass is 10.1. The third-order valence-corrected chi connectivity index (χ3v) is 4.37. The van der Waals surface area contributed by atoms with E-state index in [1.807, 2.05) is 26.0 Å². The summed E-state index contributed by atoms with van der Waals surface area (Å²) in [5.41, 5.74) is 8.09. The number of nitrogens with zero attached hydrogens (tertiary/aromatic N) is 2. The molecule has 0 spiro atoms. The monoisotopic (exact) mass is 303 g/mol. The van der Waals surface area contributed by atoms with Gasteiger partial charge in [-0.3, -0.25) is 0 Å². The van der Waals surface area contributed by atoms with Gasteiger partial charge in [-0.1, -0.05) is 0 Å². The normalized spacial score (nSPS) is 18.4. The zero-order chi connectivity index (χ0) is 14.8. The highest BCUT2D eigenvalue weighted by Gasteiger charge is 2.28. The van der Waals surface area contributed by atoms with E-state index in [0.29, 0.717) is 11.2 Å². The van der Waals surface area contributed by atoms with Crippen molar-refractivity contribution in [2.45, 2.75) is 38.8 Å². The van der Waals surface area contributed by atoms with Gasteiger partial charge in [0.2, 0.25) is 0 Å². The van der Waals surface area contributed by atoms with Crippen LogP contribution in [-0.2, 0) is 0 Å². The van der Waals surface area contributed by atoms with Gasteiger partial charge in [0, 0.05) is 17.6 Å². The molecule has 0 radical (unpaired) electrons. The van der Waals surface area contributed by atoms with E-state index in [4.69, 9.17) is 10.5 Å². The van der Waals surface area contributed by atoms with Gasteiger partial charge in [0.05, 0.1) is 17.8 Å². The second-order valence-electron chi connectivity index (χ2n) is 5.62. The van der Waals surface area contributed by atoms with Gasteiger partial charge in [-0.05, 0) is 51.0 Å². The quantitative estimate of drug-likeness (QED) is 0.932. The fraction of sp³-hybridized carbons (Fsp3) is 0.438. The average Bonchev–Trinajstić information content (AvgIpc) is 3.07. The van der Waals surface area contributed by atoms with Crippen molar-refractivity contribution in [1.82, 2.24) is 4.98 Å². The average molecular weight is 303 g/mol. The second-order valence-corrected chi connectivity index (χ2v) is 6.51. The minimum Gasteiger partial charge on any atom is -0.491 e. The van der Waals surface area contributed by atoms with Gasteiger partial charge in [0.1, 0.15) is 5.75 Å². The number of rotatable bonds is 4. The molecule has 2 aromatic rings. The minimum absolute atomic E-state index is 0.202. The molecule has 1 fully saturated rings. The number of ether oxygens (including phenoxy) is 1. The second kappa shape index (κ2) is 5.93. The summed E-state index contributed by atoms with van der Waals surface area (Å²) in [6, 6.07) is 8.69. The molecule has 1 atom stereocenters. The third kappa shape index (κ3) is 3.13. The predicted molar refractivity (Wildman–Crippen MR) is 88.1 cm³/mol. The smallest absolute Gasteiger partial charge is 0.180 e. The first-order valence-corrected chi connectivity index (χ1v) is 8.25. The molecule has 1 unspecified atom stereocenters. The Hall–Kier alpha value is -1.75. The van der Waals surface area contributed by atoms with Crippen molar-refractivity contribution in [3.05, 3.63) is 35.3 Å². The predicted octanol–water partition coefficient (Wildman–Crippen LogP) is 3.85. The Kier molecular flexibility index (Phi) is 4.01. The van der Waals surface area contributed by atoms with Crippen LogP contribution in [-0.4, -0.2) is 17.6 Å². The Bertz CT molecular complexity index is 594. The molecule has 0 bridgehead atoms. The molecule has 1 aromatic carbocycles. The molecule has 0 amide bonds. The largest absolute Gasteiger partial charge is 0.491 e. The fourth-order valence-electron chi connectivity index (χ4n) is 2.83. The van der Waals surface area contributed by atoms with Crippen molar-refractivity contribution >= 4 is 22.2 Å². The summed E-state index contributed by atoms with van der Waals surface area (Å²) in [5, 5.41) is 2.73. The Labute approximate surface area is 129 Å². The topological polar surface area (TPSA) is 51.4 Å². The molecule has 1 aliphatic heterocycles. The third-order valence-electron chi connectivity index (χ3n) is 3.67. The molecule has 1 saturated heterocycles. The molecule has 3 rings (SSSR count). The van der Waals surface area contributed by atoms with Crippen molar-refractivity contribution in [3.8, 4) is 5.75 Å². The van der Waals surface area contributed by atoms with Crippen LogP contribution in [0.2, 0.25) is 0 Å². The van der Waals surface area contributed by atoms with Crippen LogP contribution in [0.15, 0.2) is 29.6 Å². The molecule has 4 nitrogen and oxygen atoms in total. The zero-order valence-electron chi connectivity index (χ0n) is 12.5. The van der Waals surface area contributed by atoms with Crippen molar-refractivity contribution in [3.63, 3.8) is 0 Å². The highest BCUT2D eigenvalue weighted by atomic mass is 32.1. The van der Waals surface area contributed by atoms with E-state index in [1.165, 1.54) is 23.4 Å². The van der Waals surface area contributed by atoms with Crippen LogP contribution in [0.4, 0.5) is 10.8 Å². The molecule has 1 aliphatic rings. The van der Waals surface area contributed by atoms with E-state index in [0.717, 1.165) is 24.4 Å². The molecular formula is C16H21N3OS. The molecule has 21 heavy (non-hydrogen) atoms. The van der Waals surface area contributed by atoms with E-state index in [9.17, 15) is 0 Å². The molecule has 2 N–H and O–H groups in total. The van der Waals surface area contributed by atoms with Gasteiger partial charge in [-0.25, -0.2) is 4.98 Å². The van der Waals surface area contributed by atoms with Crippen LogP contribution in [0.5, 0.6) is 5.75 Å². The summed E-state index contributed by atoms with van der Waals surface area (Å²) >= 11 is 1.52. The van der Waals surface area contributed by atoms with Crippen LogP contribution in [0.1, 0.15) is 38.4 Å². The Morgan fingerprint density at radius 2 is 2.10 bits per heavy atom. The maximum atomic E-state index is 5.77. The van der Waals surface area contributed by atoms with Gasteiger partial charge in [0.25, 0.3) is 0 Å². The number of nitrogens with two attached hydrogens (primary N) is 1. The van der Waals surface area contributed by atoms with Gasteiger partial charge >= 0.3 is 0 Å². The number of nitrogen functional groups attached to an aromatic ring is 1. The highest BCUT2D eigenvalue weighted by Crippen LogP contribution is 2.37. The molecule has 0 saturated carbocycles. The van der Waals surface area contributed by atoms with E-state index in [1.54, 1.807) is 0 Å². The molecule has 5 heteroatoms. The van der Waals surface area contributed by atoms with Crippen molar-refractivity contribution in [2.75, 3.05) is 17.2 Å². The van der Waals surface area contributed by atoms with Crippen molar-refractivity contribution < 1.29 is 4.74 Å². The van der Waals surface area contributed by atoms with E-state index in [2.05, 4.69) is 27.4 Å². The number of thiazole rings is 1. The Morgan fingerprint density at radius 1 is 1.33 bits per heavy atom. The first kappa shape index (κ1) is 14.2. The molecule has 2 heterocycles. The lowest BCUT2D eigenvalue weighted by Gasteiger charge is -2.26. The number of hydrogen-bond donors (Lipinski definition) is 1. The van der Waals surface area contributed by atoms with Gasteiger partial charge < -0.3 is 15.4 Å². The fourth-order valence-corrected chi connectivity index (χ4v) is 3.43. The maximum absolute atomic E-state index is 5.77. The van der Waals surface area contributed by atoms with Crippen LogP contribution in [0.3, 0.4) is 0 Å². The number of hydrogen-bond acceptors (Lipinski definition) is 5. The van der Waals surface area contributed by atoms with Crippen LogP contribution in [0.25, 0.3) is 0 Å². The van der Waals surface area contributed by atoms with Gasteiger partial charge in [0.15, 0.2) is 5.13 Å².